The lowest BCUT2D eigenvalue weighted by Gasteiger charge is -2.04. The first kappa shape index (κ1) is 29.9. The molecule has 0 radical (unpaired) electrons. The molecule has 0 aliphatic carbocycles. The number of rotatable bonds is 25. The molecule has 4 heteroatoms. The largest absolute Gasteiger partial charge is 0.480 e. The smallest absolute Gasteiger partial charge is 0.322 e. The number of nitrogens with one attached hydrogen (secondary N) is 1. The van der Waals surface area contributed by atoms with Crippen LogP contribution in [0.4, 0.5) is 0 Å². The molecule has 0 aliphatic rings. The molecular formula is C27H53NO3. The fourth-order valence-electron chi connectivity index (χ4n) is 4.16. The zero-order valence-electron chi connectivity index (χ0n) is 20.7. The molecule has 0 saturated heterocycles. The lowest BCUT2D eigenvalue weighted by atomic mass is 10.0. The van der Waals surface area contributed by atoms with Crippen LogP contribution < -0.4 is 5.32 Å². The molecule has 1 amide bonds. The molecule has 0 fully saturated rings. The third-order valence-corrected chi connectivity index (χ3v) is 6.19. The Morgan fingerprint density at radius 3 is 1.10 bits per heavy atom. The number of carboxylic acid groups (broad SMARTS) is 1. The highest BCUT2D eigenvalue weighted by molar-refractivity contribution is 5.80. The summed E-state index contributed by atoms with van der Waals surface area (Å²) < 4.78 is 0. The van der Waals surface area contributed by atoms with E-state index in [1.54, 1.807) is 0 Å². The van der Waals surface area contributed by atoms with Crippen LogP contribution in [0, 0.1) is 0 Å². The molecule has 0 unspecified atom stereocenters. The molecule has 2 N–H and O–H groups in total. The summed E-state index contributed by atoms with van der Waals surface area (Å²) in [6.07, 6.45) is 30.3. The van der Waals surface area contributed by atoms with Crippen LogP contribution in [0.2, 0.25) is 0 Å². The van der Waals surface area contributed by atoms with Crippen molar-refractivity contribution >= 4 is 11.9 Å². The summed E-state index contributed by atoms with van der Waals surface area (Å²) >= 11 is 0. The molecule has 0 rings (SSSR count). The molecule has 0 aromatic heterocycles. The second-order valence-corrected chi connectivity index (χ2v) is 9.35. The Balaban J connectivity index is 3.08. The standard InChI is InChI=1S/C27H53NO3/c1-2-3-4-5-6-7-8-9-10-11-12-13-14-15-16-17-18-19-20-21-22-23-24-26(29)28-25-27(30)31/h2-25H2,1H3,(H,28,29)(H,30,31). The van der Waals surface area contributed by atoms with E-state index in [0.29, 0.717) is 6.42 Å². The van der Waals surface area contributed by atoms with Crippen LogP contribution in [0.25, 0.3) is 0 Å². The maximum Gasteiger partial charge on any atom is 0.322 e. The van der Waals surface area contributed by atoms with E-state index in [1.807, 2.05) is 0 Å². The molecule has 0 aliphatic heterocycles. The Kier molecular flexibility index (Phi) is 24.3. The zero-order valence-corrected chi connectivity index (χ0v) is 20.7. The van der Waals surface area contributed by atoms with Crippen LogP contribution in [0.1, 0.15) is 155 Å². The van der Waals surface area contributed by atoms with Crippen molar-refractivity contribution in [2.75, 3.05) is 6.54 Å². The van der Waals surface area contributed by atoms with Crippen LogP contribution in [0.3, 0.4) is 0 Å². The Bertz CT molecular complexity index is 398. The Morgan fingerprint density at radius 2 is 0.806 bits per heavy atom. The Labute approximate surface area is 193 Å². The Hall–Kier alpha value is -1.06. The third kappa shape index (κ3) is 26.9. The number of unbranched alkanes of at least 4 members (excludes halogenated alkanes) is 21. The SMILES string of the molecule is CCCCCCCCCCCCCCCCCCCCCCCCC(=O)NCC(=O)O. The van der Waals surface area contributed by atoms with Crippen molar-refractivity contribution in [3.63, 3.8) is 0 Å². The van der Waals surface area contributed by atoms with Crippen molar-refractivity contribution in [3.8, 4) is 0 Å². The van der Waals surface area contributed by atoms with Crippen molar-refractivity contribution in [2.45, 2.75) is 155 Å². The fourth-order valence-corrected chi connectivity index (χ4v) is 4.16. The normalized spacial score (nSPS) is 11.0. The van der Waals surface area contributed by atoms with Gasteiger partial charge in [0.1, 0.15) is 6.54 Å². The predicted octanol–water partition coefficient (Wildman–Crippen LogP) is 8.18. The first-order chi connectivity index (χ1) is 15.2. The molecule has 0 aromatic rings. The molecule has 31 heavy (non-hydrogen) atoms. The van der Waals surface area contributed by atoms with E-state index in [2.05, 4.69) is 12.2 Å². The molecule has 0 saturated carbocycles. The minimum atomic E-state index is -0.984. The average Bonchev–Trinajstić information content (AvgIpc) is 2.75. The molecule has 4 nitrogen and oxygen atoms in total. The first-order valence-electron chi connectivity index (χ1n) is 13.6. The second-order valence-electron chi connectivity index (χ2n) is 9.35. The van der Waals surface area contributed by atoms with Crippen molar-refractivity contribution < 1.29 is 14.7 Å². The number of carbonyl (C=O) groups is 2. The van der Waals surface area contributed by atoms with Gasteiger partial charge >= 0.3 is 5.97 Å². The van der Waals surface area contributed by atoms with Crippen LogP contribution >= 0.6 is 0 Å². The van der Waals surface area contributed by atoms with Crippen molar-refractivity contribution in [1.29, 1.82) is 0 Å². The number of amides is 1. The maximum absolute atomic E-state index is 11.4. The molecule has 0 aromatic carbocycles. The lowest BCUT2D eigenvalue weighted by Crippen LogP contribution is -2.28. The summed E-state index contributed by atoms with van der Waals surface area (Å²) in [6, 6.07) is 0. The van der Waals surface area contributed by atoms with Crippen molar-refractivity contribution in [1.82, 2.24) is 5.32 Å². The summed E-state index contributed by atoms with van der Waals surface area (Å²) in [5, 5.41) is 10.9. The Morgan fingerprint density at radius 1 is 0.516 bits per heavy atom. The summed E-state index contributed by atoms with van der Waals surface area (Å²) in [5.41, 5.74) is 0. The molecule has 0 spiro atoms. The lowest BCUT2D eigenvalue weighted by molar-refractivity contribution is -0.137. The van der Waals surface area contributed by atoms with Gasteiger partial charge in [-0.05, 0) is 6.42 Å². The van der Waals surface area contributed by atoms with E-state index in [4.69, 9.17) is 5.11 Å². The van der Waals surface area contributed by atoms with Crippen LogP contribution in [-0.2, 0) is 9.59 Å². The number of aliphatic carboxylic acids is 1. The number of hydrogen-bond donors (Lipinski definition) is 2. The first-order valence-corrected chi connectivity index (χ1v) is 13.6. The monoisotopic (exact) mass is 439 g/mol. The highest BCUT2D eigenvalue weighted by Gasteiger charge is 2.03. The summed E-state index contributed by atoms with van der Waals surface area (Å²) in [4.78, 5) is 21.7. The molecule has 184 valence electrons. The quantitative estimate of drug-likeness (QED) is 0.141. The van der Waals surface area contributed by atoms with Crippen LogP contribution in [0.5, 0.6) is 0 Å². The maximum atomic E-state index is 11.4. The van der Waals surface area contributed by atoms with Gasteiger partial charge in [-0.1, -0.05) is 142 Å². The molecular weight excluding hydrogens is 386 g/mol. The van der Waals surface area contributed by atoms with E-state index in [-0.39, 0.29) is 12.5 Å². The van der Waals surface area contributed by atoms with Crippen molar-refractivity contribution in [3.05, 3.63) is 0 Å². The van der Waals surface area contributed by atoms with Gasteiger partial charge in [0.15, 0.2) is 0 Å². The van der Waals surface area contributed by atoms with Gasteiger partial charge in [0.2, 0.25) is 5.91 Å². The second kappa shape index (κ2) is 25.2. The van der Waals surface area contributed by atoms with Gasteiger partial charge in [0, 0.05) is 6.42 Å². The fraction of sp³-hybridized carbons (Fsp3) is 0.926. The van der Waals surface area contributed by atoms with Crippen LogP contribution in [0.15, 0.2) is 0 Å². The minimum Gasteiger partial charge on any atom is -0.480 e. The number of hydrogen-bond acceptors (Lipinski definition) is 2. The van der Waals surface area contributed by atoms with E-state index in [0.717, 1.165) is 12.8 Å². The summed E-state index contributed by atoms with van der Waals surface area (Å²) in [5.74, 6) is -1.13. The van der Waals surface area contributed by atoms with Crippen molar-refractivity contribution in [2.24, 2.45) is 0 Å². The molecule has 0 atom stereocenters. The summed E-state index contributed by atoms with van der Waals surface area (Å²) in [7, 11) is 0. The summed E-state index contributed by atoms with van der Waals surface area (Å²) in [6.45, 7) is 2.02. The van der Waals surface area contributed by atoms with Gasteiger partial charge in [-0.15, -0.1) is 0 Å². The topological polar surface area (TPSA) is 66.4 Å². The number of carboxylic acids is 1. The van der Waals surface area contributed by atoms with Gasteiger partial charge in [-0.3, -0.25) is 9.59 Å². The van der Waals surface area contributed by atoms with Gasteiger partial charge in [0.05, 0.1) is 0 Å². The van der Waals surface area contributed by atoms with E-state index < -0.39 is 5.97 Å². The van der Waals surface area contributed by atoms with Gasteiger partial charge in [-0.2, -0.15) is 0 Å². The predicted molar refractivity (Wildman–Crippen MR) is 133 cm³/mol. The molecule has 0 bridgehead atoms. The van der Waals surface area contributed by atoms with E-state index in [9.17, 15) is 9.59 Å². The molecule has 0 heterocycles. The zero-order chi connectivity index (χ0) is 22.8. The van der Waals surface area contributed by atoms with E-state index >= 15 is 0 Å². The minimum absolute atomic E-state index is 0.143. The van der Waals surface area contributed by atoms with Gasteiger partial charge in [0.25, 0.3) is 0 Å². The highest BCUT2D eigenvalue weighted by atomic mass is 16.4. The highest BCUT2D eigenvalue weighted by Crippen LogP contribution is 2.15. The van der Waals surface area contributed by atoms with Gasteiger partial charge < -0.3 is 10.4 Å². The van der Waals surface area contributed by atoms with E-state index in [1.165, 1.54) is 128 Å². The van der Waals surface area contributed by atoms with Crippen LogP contribution in [-0.4, -0.2) is 23.5 Å². The van der Waals surface area contributed by atoms with Gasteiger partial charge in [-0.25, -0.2) is 0 Å². The number of carbonyl (C=O) groups excluding carboxylic acids is 1. The third-order valence-electron chi connectivity index (χ3n) is 6.19. The average molecular weight is 440 g/mol.